The molecular weight excluding hydrogens is 268 g/mol. The molecule has 3 nitrogen and oxygen atoms in total. The number of nitrogens with zero attached hydrogens (tertiary/aromatic N) is 1. The quantitative estimate of drug-likeness (QED) is 0.646. The molecule has 0 bridgehead atoms. The summed E-state index contributed by atoms with van der Waals surface area (Å²) < 4.78 is 6.41. The lowest BCUT2D eigenvalue weighted by Gasteiger charge is -2.24. The van der Waals surface area contributed by atoms with Gasteiger partial charge in [0, 0.05) is 24.2 Å². The Morgan fingerprint density at radius 2 is 2.12 bits per heavy atom. The van der Waals surface area contributed by atoms with E-state index in [1.807, 2.05) is 25.1 Å². The summed E-state index contributed by atoms with van der Waals surface area (Å²) in [7, 11) is 0. The number of hydrogen-bond donors (Lipinski definition) is 1. The van der Waals surface area contributed by atoms with E-state index in [0.717, 1.165) is 42.2 Å². The largest absolute Gasteiger partial charge is 0.397 e. The van der Waals surface area contributed by atoms with Crippen molar-refractivity contribution in [1.29, 1.82) is 0 Å². The topological polar surface area (TPSA) is 38.5 Å². The van der Waals surface area contributed by atoms with Gasteiger partial charge in [-0.3, -0.25) is 0 Å². The zero-order valence-corrected chi connectivity index (χ0v) is 11.5. The molecule has 16 heavy (non-hydrogen) atoms. The van der Waals surface area contributed by atoms with E-state index in [9.17, 15) is 0 Å². The summed E-state index contributed by atoms with van der Waals surface area (Å²) in [5, 5.41) is 0. The summed E-state index contributed by atoms with van der Waals surface area (Å²) in [6.45, 7) is 7.40. The highest BCUT2D eigenvalue weighted by Crippen LogP contribution is 2.26. The maximum Gasteiger partial charge on any atom is 0.0641 e. The molecular formula is C12H19BrN2O. The van der Waals surface area contributed by atoms with Gasteiger partial charge in [-0.05, 0) is 32.0 Å². The Morgan fingerprint density at radius 1 is 1.38 bits per heavy atom. The molecule has 0 saturated carbocycles. The molecule has 0 atom stereocenters. The Bertz CT molecular complexity index is 331. The maximum absolute atomic E-state index is 5.97. The van der Waals surface area contributed by atoms with E-state index >= 15 is 0 Å². The Morgan fingerprint density at radius 3 is 2.75 bits per heavy atom. The van der Waals surface area contributed by atoms with Crippen LogP contribution in [0.3, 0.4) is 0 Å². The van der Waals surface area contributed by atoms with Crippen LogP contribution in [0, 0.1) is 0 Å². The molecule has 0 fully saturated rings. The van der Waals surface area contributed by atoms with Crippen molar-refractivity contribution in [2.45, 2.75) is 13.8 Å². The lowest BCUT2D eigenvalue weighted by atomic mass is 10.2. The van der Waals surface area contributed by atoms with E-state index in [0.29, 0.717) is 0 Å². The number of benzene rings is 1. The van der Waals surface area contributed by atoms with Gasteiger partial charge >= 0.3 is 0 Å². The van der Waals surface area contributed by atoms with Crippen LogP contribution in [0.15, 0.2) is 22.7 Å². The number of nitrogen functional groups attached to an aromatic ring is 1. The highest BCUT2D eigenvalue weighted by atomic mass is 79.9. The smallest absolute Gasteiger partial charge is 0.0641 e. The molecule has 0 amide bonds. The molecule has 1 rings (SSSR count). The second-order valence-corrected chi connectivity index (χ2v) is 4.40. The first kappa shape index (κ1) is 13.3. The molecule has 0 spiro atoms. The van der Waals surface area contributed by atoms with Gasteiger partial charge < -0.3 is 15.4 Å². The molecule has 1 aromatic carbocycles. The minimum absolute atomic E-state index is 0.732. The van der Waals surface area contributed by atoms with Crippen LogP contribution in [-0.2, 0) is 4.74 Å². The van der Waals surface area contributed by atoms with Gasteiger partial charge in [-0.25, -0.2) is 0 Å². The number of hydrogen-bond acceptors (Lipinski definition) is 3. The summed E-state index contributed by atoms with van der Waals surface area (Å²) in [5.41, 5.74) is 7.84. The molecule has 0 aromatic heterocycles. The van der Waals surface area contributed by atoms with Crippen LogP contribution in [0.25, 0.3) is 0 Å². The highest BCUT2D eigenvalue weighted by Gasteiger charge is 2.08. The van der Waals surface area contributed by atoms with Gasteiger partial charge in [-0.15, -0.1) is 0 Å². The Kier molecular flexibility index (Phi) is 5.63. The van der Waals surface area contributed by atoms with Crippen LogP contribution in [0.4, 0.5) is 11.4 Å². The van der Waals surface area contributed by atoms with Crippen molar-refractivity contribution in [1.82, 2.24) is 0 Å². The van der Waals surface area contributed by atoms with Crippen LogP contribution < -0.4 is 10.6 Å². The van der Waals surface area contributed by atoms with Crippen LogP contribution >= 0.6 is 15.9 Å². The van der Waals surface area contributed by atoms with Crippen molar-refractivity contribution in [3.63, 3.8) is 0 Å². The monoisotopic (exact) mass is 286 g/mol. The van der Waals surface area contributed by atoms with E-state index in [-0.39, 0.29) is 0 Å². The van der Waals surface area contributed by atoms with Crippen molar-refractivity contribution in [2.75, 3.05) is 36.9 Å². The highest BCUT2D eigenvalue weighted by molar-refractivity contribution is 9.10. The molecule has 0 radical (unpaired) electrons. The minimum Gasteiger partial charge on any atom is -0.397 e. The third-order valence-electron chi connectivity index (χ3n) is 2.42. The van der Waals surface area contributed by atoms with Crippen LogP contribution in [0.5, 0.6) is 0 Å². The second kappa shape index (κ2) is 6.76. The third kappa shape index (κ3) is 3.68. The Balaban J connectivity index is 2.73. The van der Waals surface area contributed by atoms with Crippen LogP contribution in [0.2, 0.25) is 0 Å². The fourth-order valence-electron chi connectivity index (χ4n) is 1.56. The predicted molar refractivity (Wildman–Crippen MR) is 72.9 cm³/mol. The number of anilines is 2. The summed E-state index contributed by atoms with van der Waals surface area (Å²) in [4.78, 5) is 2.22. The molecule has 0 saturated heterocycles. The van der Waals surface area contributed by atoms with Gasteiger partial charge in [0.05, 0.1) is 18.0 Å². The molecule has 0 unspecified atom stereocenters. The lowest BCUT2D eigenvalue weighted by Crippen LogP contribution is -2.27. The van der Waals surface area contributed by atoms with Crippen LogP contribution in [-0.4, -0.2) is 26.3 Å². The summed E-state index contributed by atoms with van der Waals surface area (Å²) >= 11 is 3.46. The average Bonchev–Trinajstić information content (AvgIpc) is 2.28. The van der Waals surface area contributed by atoms with Crippen molar-refractivity contribution in [3.05, 3.63) is 22.7 Å². The number of ether oxygens (including phenoxy) is 1. The summed E-state index contributed by atoms with van der Waals surface area (Å²) in [6, 6.07) is 5.92. The van der Waals surface area contributed by atoms with Gasteiger partial charge in [-0.1, -0.05) is 15.9 Å². The maximum atomic E-state index is 5.97. The van der Waals surface area contributed by atoms with E-state index in [4.69, 9.17) is 10.5 Å². The molecule has 0 aliphatic rings. The molecule has 0 aliphatic carbocycles. The van der Waals surface area contributed by atoms with Crippen LogP contribution in [0.1, 0.15) is 13.8 Å². The molecule has 90 valence electrons. The molecule has 1 aromatic rings. The second-order valence-electron chi connectivity index (χ2n) is 3.48. The van der Waals surface area contributed by atoms with Crippen molar-refractivity contribution in [3.8, 4) is 0 Å². The van der Waals surface area contributed by atoms with Gasteiger partial charge in [0.1, 0.15) is 0 Å². The predicted octanol–water partition coefficient (Wildman–Crippen LogP) is 2.89. The van der Waals surface area contributed by atoms with Gasteiger partial charge in [0.15, 0.2) is 0 Å². The van der Waals surface area contributed by atoms with Gasteiger partial charge in [0.2, 0.25) is 0 Å². The van der Waals surface area contributed by atoms with E-state index in [2.05, 4.69) is 27.8 Å². The zero-order chi connectivity index (χ0) is 12.0. The zero-order valence-electron chi connectivity index (χ0n) is 9.87. The molecule has 0 aliphatic heterocycles. The molecule has 2 N–H and O–H groups in total. The fraction of sp³-hybridized carbons (Fsp3) is 0.500. The number of rotatable bonds is 6. The number of halogens is 1. The van der Waals surface area contributed by atoms with E-state index in [1.54, 1.807) is 0 Å². The fourth-order valence-corrected chi connectivity index (χ4v) is 1.91. The summed E-state index contributed by atoms with van der Waals surface area (Å²) in [6.07, 6.45) is 0. The average molecular weight is 287 g/mol. The SMILES string of the molecule is CCOCCN(CC)c1cc(Br)ccc1N. The standard InChI is InChI=1S/C12H19BrN2O/c1-3-15(7-8-16-4-2)12-9-10(13)5-6-11(12)14/h5-6,9H,3-4,7-8,14H2,1-2H3. The Labute approximate surface area is 106 Å². The first-order valence-electron chi connectivity index (χ1n) is 5.56. The first-order chi connectivity index (χ1) is 7.69. The summed E-state index contributed by atoms with van der Waals surface area (Å²) in [5.74, 6) is 0. The number of nitrogens with two attached hydrogens (primary N) is 1. The minimum atomic E-state index is 0.732. The first-order valence-corrected chi connectivity index (χ1v) is 6.36. The van der Waals surface area contributed by atoms with E-state index in [1.165, 1.54) is 0 Å². The molecule has 0 heterocycles. The van der Waals surface area contributed by atoms with Crippen molar-refractivity contribution < 1.29 is 4.74 Å². The normalized spacial score (nSPS) is 10.4. The number of likely N-dealkylation sites (N-methyl/N-ethyl adjacent to an activating group) is 1. The third-order valence-corrected chi connectivity index (χ3v) is 2.92. The van der Waals surface area contributed by atoms with Gasteiger partial charge in [-0.2, -0.15) is 0 Å². The Hall–Kier alpha value is -0.740. The van der Waals surface area contributed by atoms with Crippen molar-refractivity contribution >= 4 is 27.3 Å². The lowest BCUT2D eigenvalue weighted by molar-refractivity contribution is 0.154. The van der Waals surface area contributed by atoms with Gasteiger partial charge in [0.25, 0.3) is 0 Å². The molecule has 4 heteroatoms. The van der Waals surface area contributed by atoms with Crippen molar-refractivity contribution in [2.24, 2.45) is 0 Å². The van der Waals surface area contributed by atoms with E-state index < -0.39 is 0 Å².